The van der Waals surface area contributed by atoms with E-state index in [1.807, 2.05) is 59.6 Å². The van der Waals surface area contributed by atoms with E-state index in [0.717, 1.165) is 16.9 Å². The summed E-state index contributed by atoms with van der Waals surface area (Å²) in [4.78, 5) is 17.8. The molecule has 2 heterocycles. The van der Waals surface area contributed by atoms with Crippen LogP contribution in [0, 0.1) is 13.8 Å². The van der Waals surface area contributed by atoms with Gasteiger partial charge in [-0.3, -0.25) is 4.79 Å². The first kappa shape index (κ1) is 21.8. The number of rotatable bonds is 4. The lowest BCUT2D eigenvalue weighted by atomic mass is 10.0. The monoisotopic (exact) mass is 452 g/mol. The number of phenolic OH excluding ortho intramolecular Hbond substituents is 1. The van der Waals surface area contributed by atoms with Crippen molar-refractivity contribution in [1.82, 2.24) is 14.7 Å². The number of phenols is 1. The number of hydrogen-bond donors (Lipinski definition) is 1. The van der Waals surface area contributed by atoms with Gasteiger partial charge >= 0.3 is 0 Å². The van der Waals surface area contributed by atoms with Gasteiger partial charge in [0.15, 0.2) is 0 Å². The van der Waals surface area contributed by atoms with Crippen molar-refractivity contribution in [2.45, 2.75) is 13.8 Å². The summed E-state index contributed by atoms with van der Waals surface area (Å²) in [6, 6.07) is 23.3. The molecule has 1 fully saturated rings. The first-order valence-corrected chi connectivity index (χ1v) is 11.6. The van der Waals surface area contributed by atoms with Crippen LogP contribution in [0.1, 0.15) is 21.5 Å². The second-order valence-electron chi connectivity index (χ2n) is 8.77. The lowest BCUT2D eigenvalue weighted by molar-refractivity contribution is 0.0747. The van der Waals surface area contributed by atoms with Gasteiger partial charge in [-0.2, -0.15) is 5.10 Å². The Morgan fingerprint density at radius 1 is 0.824 bits per heavy atom. The molecule has 4 aromatic rings. The van der Waals surface area contributed by atoms with Crippen LogP contribution in [0.25, 0.3) is 16.9 Å². The minimum atomic E-state index is -0.00836. The maximum absolute atomic E-state index is 13.7. The summed E-state index contributed by atoms with van der Waals surface area (Å²) in [5.41, 5.74) is 6.53. The Bertz CT molecular complexity index is 1320. The largest absolute Gasteiger partial charge is 0.508 e. The summed E-state index contributed by atoms with van der Waals surface area (Å²) in [5.74, 6) is 0.244. The molecule has 0 spiro atoms. The highest BCUT2D eigenvalue weighted by atomic mass is 16.3. The summed E-state index contributed by atoms with van der Waals surface area (Å²) in [6.07, 6.45) is 1.85. The van der Waals surface area contributed by atoms with Gasteiger partial charge in [-0.05, 0) is 55.3 Å². The third kappa shape index (κ3) is 4.27. The standard InChI is InChI=1S/C28H28N4O2/c1-20-11-12-22(17-21(20)2)27-26(19-32(29-27)23-7-4-3-5-8-23)28(34)31-15-13-30(14-16-31)24-9-6-10-25(33)18-24/h3-12,17-19,33H,13-16H2,1-2H3. The van der Waals surface area contributed by atoms with Gasteiger partial charge < -0.3 is 14.9 Å². The third-order valence-corrected chi connectivity index (χ3v) is 6.51. The van der Waals surface area contributed by atoms with Crippen LogP contribution in [-0.2, 0) is 0 Å². The van der Waals surface area contributed by atoms with Gasteiger partial charge in [0, 0.05) is 49.7 Å². The second-order valence-corrected chi connectivity index (χ2v) is 8.77. The van der Waals surface area contributed by atoms with Gasteiger partial charge in [0.1, 0.15) is 11.4 Å². The highest BCUT2D eigenvalue weighted by molar-refractivity contribution is 6.00. The minimum Gasteiger partial charge on any atom is -0.508 e. The van der Waals surface area contributed by atoms with Gasteiger partial charge in [0.2, 0.25) is 0 Å². The number of anilines is 1. The molecule has 0 aliphatic carbocycles. The summed E-state index contributed by atoms with van der Waals surface area (Å²) in [5, 5.41) is 14.6. The van der Waals surface area contributed by atoms with E-state index in [1.165, 1.54) is 11.1 Å². The van der Waals surface area contributed by atoms with E-state index in [-0.39, 0.29) is 11.7 Å². The summed E-state index contributed by atoms with van der Waals surface area (Å²) in [7, 11) is 0. The van der Waals surface area contributed by atoms with Crippen molar-refractivity contribution < 1.29 is 9.90 Å². The Kier molecular flexibility index (Phi) is 5.80. The van der Waals surface area contributed by atoms with Crippen molar-refractivity contribution >= 4 is 11.6 Å². The number of nitrogens with zero attached hydrogens (tertiary/aromatic N) is 4. The molecule has 1 aliphatic heterocycles. The highest BCUT2D eigenvalue weighted by Crippen LogP contribution is 2.28. The van der Waals surface area contributed by atoms with Crippen LogP contribution in [0.3, 0.4) is 0 Å². The van der Waals surface area contributed by atoms with Crippen molar-refractivity contribution in [2.75, 3.05) is 31.1 Å². The fourth-order valence-electron chi connectivity index (χ4n) is 4.37. The lowest BCUT2D eigenvalue weighted by Crippen LogP contribution is -2.48. The number of aromatic nitrogens is 2. The summed E-state index contributed by atoms with van der Waals surface area (Å²) < 4.78 is 1.79. The quantitative estimate of drug-likeness (QED) is 0.482. The molecule has 0 atom stereocenters. The Hall–Kier alpha value is -4.06. The smallest absolute Gasteiger partial charge is 0.257 e. The Morgan fingerprint density at radius 2 is 1.56 bits per heavy atom. The van der Waals surface area contributed by atoms with Crippen LogP contribution >= 0.6 is 0 Å². The molecule has 0 radical (unpaired) electrons. The van der Waals surface area contributed by atoms with E-state index in [9.17, 15) is 9.90 Å². The maximum atomic E-state index is 13.7. The molecule has 3 aromatic carbocycles. The van der Waals surface area contributed by atoms with Crippen LogP contribution in [0.15, 0.2) is 79.0 Å². The zero-order chi connectivity index (χ0) is 23.7. The maximum Gasteiger partial charge on any atom is 0.257 e. The van der Waals surface area contributed by atoms with Crippen molar-refractivity contribution in [2.24, 2.45) is 0 Å². The molecule has 0 unspecified atom stereocenters. The van der Waals surface area contributed by atoms with Crippen LogP contribution in [0.2, 0.25) is 0 Å². The van der Waals surface area contributed by atoms with Crippen molar-refractivity contribution in [1.29, 1.82) is 0 Å². The number of amides is 1. The molecule has 1 amide bonds. The van der Waals surface area contributed by atoms with Crippen LogP contribution < -0.4 is 4.90 Å². The number of para-hydroxylation sites is 1. The van der Waals surface area contributed by atoms with E-state index < -0.39 is 0 Å². The fraction of sp³-hybridized carbons (Fsp3) is 0.214. The summed E-state index contributed by atoms with van der Waals surface area (Å²) in [6.45, 7) is 6.80. The number of piperazine rings is 1. The minimum absolute atomic E-state index is 0.00836. The molecular weight excluding hydrogens is 424 g/mol. The van der Waals surface area contributed by atoms with Crippen molar-refractivity contribution in [3.05, 3.63) is 95.7 Å². The van der Waals surface area contributed by atoms with E-state index >= 15 is 0 Å². The van der Waals surface area contributed by atoms with E-state index in [4.69, 9.17) is 5.10 Å². The van der Waals surface area contributed by atoms with Gasteiger partial charge in [-0.1, -0.05) is 36.4 Å². The molecular formula is C28H28N4O2. The molecule has 1 aliphatic rings. The molecule has 1 aromatic heterocycles. The second kappa shape index (κ2) is 9.06. The molecule has 34 heavy (non-hydrogen) atoms. The molecule has 0 saturated carbocycles. The Morgan fingerprint density at radius 3 is 2.26 bits per heavy atom. The Labute approximate surface area is 199 Å². The van der Waals surface area contributed by atoms with Crippen LogP contribution in [0.5, 0.6) is 5.75 Å². The zero-order valence-electron chi connectivity index (χ0n) is 19.5. The SMILES string of the molecule is Cc1ccc(-c2nn(-c3ccccc3)cc2C(=O)N2CCN(c3cccc(O)c3)CC2)cc1C. The third-order valence-electron chi connectivity index (χ3n) is 6.51. The first-order chi connectivity index (χ1) is 16.5. The number of benzene rings is 3. The molecule has 1 saturated heterocycles. The molecule has 5 rings (SSSR count). The van der Waals surface area contributed by atoms with Crippen LogP contribution in [0.4, 0.5) is 5.69 Å². The van der Waals surface area contributed by atoms with Gasteiger partial charge in [-0.15, -0.1) is 0 Å². The number of carbonyl (C=O) groups excluding carboxylic acids is 1. The number of aromatic hydroxyl groups is 1. The van der Waals surface area contributed by atoms with Crippen LogP contribution in [-0.4, -0.2) is 51.9 Å². The first-order valence-electron chi connectivity index (χ1n) is 11.6. The number of aryl methyl sites for hydroxylation is 2. The van der Waals surface area contributed by atoms with Gasteiger partial charge in [0.05, 0.1) is 11.3 Å². The van der Waals surface area contributed by atoms with Crippen molar-refractivity contribution in [3.63, 3.8) is 0 Å². The fourth-order valence-corrected chi connectivity index (χ4v) is 4.37. The predicted molar refractivity (Wildman–Crippen MR) is 135 cm³/mol. The van der Waals surface area contributed by atoms with Gasteiger partial charge in [0.25, 0.3) is 5.91 Å². The van der Waals surface area contributed by atoms with E-state index in [1.54, 1.807) is 16.8 Å². The summed E-state index contributed by atoms with van der Waals surface area (Å²) >= 11 is 0. The van der Waals surface area contributed by atoms with E-state index in [2.05, 4.69) is 30.9 Å². The molecule has 6 nitrogen and oxygen atoms in total. The normalized spacial score (nSPS) is 13.8. The molecule has 6 heteroatoms. The number of hydrogen-bond acceptors (Lipinski definition) is 4. The molecule has 0 bridgehead atoms. The topological polar surface area (TPSA) is 61.6 Å². The van der Waals surface area contributed by atoms with E-state index in [0.29, 0.717) is 37.4 Å². The lowest BCUT2D eigenvalue weighted by Gasteiger charge is -2.36. The number of carbonyl (C=O) groups is 1. The Balaban J connectivity index is 1.44. The average molecular weight is 453 g/mol. The molecule has 1 N–H and O–H groups in total. The van der Waals surface area contributed by atoms with Crippen molar-refractivity contribution in [3.8, 4) is 22.7 Å². The highest BCUT2D eigenvalue weighted by Gasteiger charge is 2.27. The zero-order valence-corrected chi connectivity index (χ0v) is 19.5. The molecule has 172 valence electrons. The predicted octanol–water partition coefficient (Wildman–Crippen LogP) is 4.82. The van der Waals surface area contributed by atoms with Gasteiger partial charge in [-0.25, -0.2) is 4.68 Å². The average Bonchev–Trinajstić information content (AvgIpc) is 3.31.